The summed E-state index contributed by atoms with van der Waals surface area (Å²) in [5, 5.41) is 30.0. The van der Waals surface area contributed by atoms with Gasteiger partial charge in [0.2, 0.25) is 5.91 Å². The Morgan fingerprint density at radius 1 is 0.978 bits per heavy atom. The maximum absolute atomic E-state index is 12.9. The lowest BCUT2D eigenvalue weighted by Crippen LogP contribution is -2.35. The molecule has 2 aromatic rings. The molecule has 2 aromatic carbocycles. The van der Waals surface area contributed by atoms with E-state index >= 15 is 0 Å². The number of aliphatic imine (C=N–C) groups is 1. The van der Waals surface area contributed by atoms with Crippen LogP contribution in [0.25, 0.3) is 0 Å². The number of benzene rings is 2. The summed E-state index contributed by atoms with van der Waals surface area (Å²) in [4.78, 5) is 41.3. The smallest absolute Gasteiger partial charge is 0.303 e. The van der Waals surface area contributed by atoms with E-state index in [0.29, 0.717) is 66.2 Å². The summed E-state index contributed by atoms with van der Waals surface area (Å²) in [6.07, 6.45) is 1.15. The van der Waals surface area contributed by atoms with Crippen LogP contribution in [0.5, 0.6) is 0 Å². The first-order chi connectivity index (χ1) is 21.8. The number of hydrogen-bond acceptors (Lipinski definition) is 10. The highest BCUT2D eigenvalue weighted by Crippen LogP contribution is 2.36. The van der Waals surface area contributed by atoms with E-state index in [1.165, 1.54) is 0 Å². The van der Waals surface area contributed by atoms with Crippen LogP contribution in [0.15, 0.2) is 35.3 Å². The molecule has 0 radical (unpaired) electrons. The third-order valence-corrected chi connectivity index (χ3v) is 7.19. The fourth-order valence-corrected chi connectivity index (χ4v) is 4.96. The number of halogens is 2. The van der Waals surface area contributed by atoms with Crippen molar-refractivity contribution in [3.05, 3.63) is 57.1 Å². The minimum atomic E-state index is -1.02. The van der Waals surface area contributed by atoms with Gasteiger partial charge in [0.25, 0.3) is 5.91 Å². The average molecular weight is 669 g/mol. The number of guanidine groups is 1. The summed E-state index contributed by atoms with van der Waals surface area (Å²) >= 11 is 13.2. The van der Waals surface area contributed by atoms with Gasteiger partial charge < -0.3 is 45.7 Å². The number of rotatable bonds is 19. The number of hydrogen-bond donors (Lipinski definition) is 6. The predicted molar refractivity (Wildman–Crippen MR) is 172 cm³/mol. The SMILES string of the molecule is O=C(O)CCc1cc(Cl)c(CCOCCOCCOCCO)c(Cl)c1NC(=O)CNC(=O)c1cccc(NC2=NCCCN2)c1. The normalized spacial score (nSPS) is 12.6. The van der Waals surface area contributed by atoms with Crippen molar-refractivity contribution in [2.75, 3.05) is 76.5 Å². The number of amides is 2. The third-order valence-electron chi connectivity index (χ3n) is 6.44. The molecule has 0 saturated carbocycles. The average Bonchev–Trinajstić information content (AvgIpc) is 3.03. The predicted octanol–water partition coefficient (Wildman–Crippen LogP) is 2.72. The van der Waals surface area contributed by atoms with Gasteiger partial charge in [0.1, 0.15) is 0 Å². The monoisotopic (exact) mass is 667 g/mol. The molecule has 246 valence electrons. The van der Waals surface area contributed by atoms with Gasteiger partial charge in [-0.25, -0.2) is 0 Å². The molecule has 1 aliphatic heterocycles. The molecule has 45 heavy (non-hydrogen) atoms. The molecule has 0 bridgehead atoms. The summed E-state index contributed by atoms with van der Waals surface area (Å²) in [5.41, 5.74) is 2.22. The van der Waals surface area contributed by atoms with Gasteiger partial charge in [-0.15, -0.1) is 0 Å². The Morgan fingerprint density at radius 3 is 2.40 bits per heavy atom. The number of aliphatic hydroxyl groups is 1. The van der Waals surface area contributed by atoms with E-state index in [1.807, 2.05) is 0 Å². The van der Waals surface area contributed by atoms with Crippen molar-refractivity contribution in [2.45, 2.75) is 25.7 Å². The van der Waals surface area contributed by atoms with Crippen molar-refractivity contribution in [3.8, 4) is 0 Å². The molecule has 0 atom stereocenters. The Kier molecular flexibility index (Phi) is 15.9. The van der Waals surface area contributed by atoms with Gasteiger partial charge in [0.05, 0.1) is 63.5 Å². The zero-order chi connectivity index (χ0) is 32.4. The molecule has 6 N–H and O–H groups in total. The summed E-state index contributed by atoms with van der Waals surface area (Å²) in [7, 11) is 0. The van der Waals surface area contributed by atoms with Crippen LogP contribution in [0.4, 0.5) is 11.4 Å². The summed E-state index contributed by atoms with van der Waals surface area (Å²) in [6.45, 7) is 3.07. The second kappa shape index (κ2) is 19.8. The Balaban J connectivity index is 1.57. The molecule has 1 aliphatic rings. The highest BCUT2D eigenvalue weighted by molar-refractivity contribution is 6.38. The molecule has 2 amide bonds. The van der Waals surface area contributed by atoms with E-state index in [0.717, 1.165) is 19.5 Å². The number of carboxylic acids is 1. The van der Waals surface area contributed by atoms with Gasteiger partial charge in [-0.3, -0.25) is 19.4 Å². The Labute approximate surface area is 271 Å². The Morgan fingerprint density at radius 2 is 1.71 bits per heavy atom. The number of ether oxygens (including phenoxy) is 3. The van der Waals surface area contributed by atoms with Crippen molar-refractivity contribution in [1.82, 2.24) is 10.6 Å². The topological polar surface area (TPSA) is 180 Å². The highest BCUT2D eigenvalue weighted by Gasteiger charge is 2.19. The van der Waals surface area contributed by atoms with Crippen molar-refractivity contribution in [2.24, 2.45) is 4.99 Å². The van der Waals surface area contributed by atoms with Crippen LogP contribution in [0.1, 0.15) is 34.3 Å². The third kappa shape index (κ3) is 12.8. The number of aliphatic hydroxyl groups excluding tert-OH is 1. The van der Waals surface area contributed by atoms with Gasteiger partial charge in [-0.1, -0.05) is 29.3 Å². The number of carbonyl (C=O) groups is 3. The second-order valence-electron chi connectivity index (χ2n) is 9.84. The molecule has 0 spiro atoms. The van der Waals surface area contributed by atoms with Crippen LogP contribution in [-0.2, 0) is 36.6 Å². The fourth-order valence-electron chi connectivity index (χ4n) is 4.23. The molecule has 0 saturated heterocycles. The van der Waals surface area contributed by atoms with Crippen LogP contribution in [0.3, 0.4) is 0 Å². The van der Waals surface area contributed by atoms with Crippen LogP contribution in [0, 0.1) is 0 Å². The first-order valence-corrected chi connectivity index (χ1v) is 15.3. The van der Waals surface area contributed by atoms with Gasteiger partial charge in [0.15, 0.2) is 5.96 Å². The molecular formula is C30H39Cl2N5O8. The molecule has 13 nitrogen and oxygen atoms in total. The van der Waals surface area contributed by atoms with Gasteiger partial charge in [0, 0.05) is 35.8 Å². The van der Waals surface area contributed by atoms with E-state index in [4.69, 9.17) is 42.5 Å². The van der Waals surface area contributed by atoms with Crippen molar-refractivity contribution in [1.29, 1.82) is 0 Å². The van der Waals surface area contributed by atoms with Crippen molar-refractivity contribution < 1.29 is 38.8 Å². The van der Waals surface area contributed by atoms with E-state index in [2.05, 4.69) is 26.3 Å². The number of carboxylic acid groups (broad SMARTS) is 1. The lowest BCUT2D eigenvalue weighted by molar-refractivity contribution is -0.137. The number of aliphatic carboxylic acids is 1. The molecule has 1 heterocycles. The molecule has 3 rings (SSSR count). The van der Waals surface area contributed by atoms with Crippen LogP contribution >= 0.6 is 23.2 Å². The van der Waals surface area contributed by atoms with Crippen molar-refractivity contribution >= 4 is 58.3 Å². The molecule has 0 aromatic heterocycles. The number of carbonyl (C=O) groups excluding carboxylic acids is 2. The summed E-state index contributed by atoms with van der Waals surface area (Å²) < 4.78 is 16.1. The number of aryl methyl sites for hydroxylation is 1. The van der Waals surface area contributed by atoms with E-state index in [1.54, 1.807) is 30.3 Å². The van der Waals surface area contributed by atoms with Gasteiger partial charge in [-0.05, 0) is 54.7 Å². The van der Waals surface area contributed by atoms with Crippen LogP contribution in [-0.4, -0.2) is 99.8 Å². The molecule has 15 heteroatoms. The molecule has 0 fully saturated rings. The lowest BCUT2D eigenvalue weighted by Gasteiger charge is -2.18. The zero-order valence-corrected chi connectivity index (χ0v) is 26.3. The van der Waals surface area contributed by atoms with Crippen LogP contribution < -0.4 is 21.3 Å². The number of nitrogens with zero attached hydrogens (tertiary/aromatic N) is 1. The Bertz CT molecular complexity index is 1330. The minimum Gasteiger partial charge on any atom is -0.481 e. The van der Waals surface area contributed by atoms with E-state index in [-0.39, 0.29) is 49.9 Å². The largest absolute Gasteiger partial charge is 0.481 e. The van der Waals surface area contributed by atoms with E-state index < -0.39 is 17.8 Å². The molecular weight excluding hydrogens is 629 g/mol. The molecule has 0 unspecified atom stereocenters. The van der Waals surface area contributed by atoms with Crippen molar-refractivity contribution in [3.63, 3.8) is 0 Å². The minimum absolute atomic E-state index is 0.0422. The number of anilines is 2. The summed E-state index contributed by atoms with van der Waals surface area (Å²) in [6, 6.07) is 8.39. The van der Waals surface area contributed by atoms with Gasteiger partial charge >= 0.3 is 5.97 Å². The summed E-state index contributed by atoms with van der Waals surface area (Å²) in [5.74, 6) is -1.40. The highest BCUT2D eigenvalue weighted by atomic mass is 35.5. The van der Waals surface area contributed by atoms with Crippen LogP contribution in [0.2, 0.25) is 10.0 Å². The lowest BCUT2D eigenvalue weighted by atomic mass is 10.0. The number of nitrogens with one attached hydrogen (secondary N) is 4. The molecule has 0 aliphatic carbocycles. The van der Waals surface area contributed by atoms with E-state index in [9.17, 15) is 19.5 Å². The first kappa shape index (κ1) is 36.0. The quantitative estimate of drug-likeness (QED) is 0.122. The maximum atomic E-state index is 12.9. The zero-order valence-electron chi connectivity index (χ0n) is 24.8. The Hall–Kier alpha value is -3.46. The second-order valence-corrected chi connectivity index (χ2v) is 10.6. The van der Waals surface area contributed by atoms with Gasteiger partial charge in [-0.2, -0.15) is 0 Å². The first-order valence-electron chi connectivity index (χ1n) is 14.6. The standard InChI is InChI=1S/C30H39Cl2N5O8/c31-24-18-20(5-6-26(40)41)28(27(32)23(24)7-11-43-13-15-45-16-14-44-12-10-38)37-25(39)19-35-29(42)21-3-1-4-22(17-21)36-30-33-8-2-9-34-30/h1,3-4,17-18,38H,2,5-16,19H2,(H,35,42)(H,37,39)(H,40,41)(H2,33,34,36). The fraction of sp³-hybridized carbons (Fsp3) is 0.467. The maximum Gasteiger partial charge on any atom is 0.303 e.